The summed E-state index contributed by atoms with van der Waals surface area (Å²) >= 11 is 1.68. The number of aromatic nitrogens is 3. The van der Waals surface area contributed by atoms with Crippen molar-refractivity contribution in [2.75, 3.05) is 12.4 Å². The van der Waals surface area contributed by atoms with Gasteiger partial charge in [-0.3, -0.25) is 10.00 Å². The van der Waals surface area contributed by atoms with E-state index in [9.17, 15) is 4.79 Å². The number of nitrogens with zero attached hydrogens (tertiary/aromatic N) is 4. The Labute approximate surface area is 141 Å². The van der Waals surface area contributed by atoms with Crippen molar-refractivity contribution in [1.82, 2.24) is 19.7 Å². The van der Waals surface area contributed by atoms with E-state index < -0.39 is 0 Å². The smallest absolute Gasteiger partial charge is 0.320 e. The molecule has 0 spiro atoms. The van der Waals surface area contributed by atoms with Crippen molar-refractivity contribution in [3.05, 3.63) is 27.3 Å². The lowest BCUT2D eigenvalue weighted by molar-refractivity contribution is 0.209. The number of thiazole rings is 1. The molecule has 2 heterocycles. The summed E-state index contributed by atoms with van der Waals surface area (Å²) in [5.74, 6) is 0.966. The number of anilines is 1. The highest BCUT2D eigenvalue weighted by Gasteiger charge is 2.23. The van der Waals surface area contributed by atoms with Crippen LogP contribution >= 0.6 is 11.3 Å². The Bertz CT molecular complexity index is 684. The maximum Gasteiger partial charge on any atom is 0.323 e. The number of nitrogens with one attached hydrogen (secondary N) is 1. The fourth-order valence-electron chi connectivity index (χ4n) is 2.24. The first-order valence-corrected chi connectivity index (χ1v) is 8.54. The second-order valence-corrected chi connectivity index (χ2v) is 7.23. The number of rotatable bonds is 4. The van der Waals surface area contributed by atoms with Crippen molar-refractivity contribution in [3.8, 4) is 0 Å². The fraction of sp³-hybridized carbons (Fsp3) is 0.562. The summed E-state index contributed by atoms with van der Waals surface area (Å²) in [5, 5.41) is 8.21. The minimum absolute atomic E-state index is 0.0372. The van der Waals surface area contributed by atoms with Crippen molar-refractivity contribution in [2.45, 2.75) is 46.6 Å². The lowest BCUT2D eigenvalue weighted by Crippen LogP contribution is -2.33. The van der Waals surface area contributed by atoms with Crippen LogP contribution in [0.15, 0.2) is 6.07 Å². The van der Waals surface area contributed by atoms with Gasteiger partial charge in [-0.1, -0.05) is 13.8 Å². The van der Waals surface area contributed by atoms with Crippen LogP contribution in [0.25, 0.3) is 0 Å². The van der Waals surface area contributed by atoms with Gasteiger partial charge in [-0.2, -0.15) is 5.10 Å². The van der Waals surface area contributed by atoms with Crippen LogP contribution in [0.3, 0.4) is 0 Å². The summed E-state index contributed by atoms with van der Waals surface area (Å²) in [4.78, 5) is 19.9. The molecule has 0 saturated heterocycles. The zero-order valence-corrected chi connectivity index (χ0v) is 15.7. The summed E-state index contributed by atoms with van der Waals surface area (Å²) in [5.41, 5.74) is 2.00. The number of aryl methyl sites for hydroxylation is 3. The Kier molecular flexibility index (Phi) is 5.09. The molecule has 0 aromatic carbocycles. The van der Waals surface area contributed by atoms with Crippen molar-refractivity contribution < 1.29 is 4.79 Å². The van der Waals surface area contributed by atoms with Gasteiger partial charge < -0.3 is 4.90 Å². The average Bonchev–Trinajstić information content (AvgIpc) is 3.00. The second kappa shape index (κ2) is 6.70. The van der Waals surface area contributed by atoms with Gasteiger partial charge in [0.25, 0.3) is 0 Å². The van der Waals surface area contributed by atoms with Gasteiger partial charge in [0.15, 0.2) is 5.82 Å². The summed E-state index contributed by atoms with van der Waals surface area (Å²) in [7, 11) is 3.65. The van der Waals surface area contributed by atoms with E-state index in [4.69, 9.17) is 0 Å². The summed E-state index contributed by atoms with van der Waals surface area (Å²) in [6.45, 7) is 10.2. The molecule has 7 heteroatoms. The predicted molar refractivity (Wildman–Crippen MR) is 94.1 cm³/mol. The number of carbonyl (C=O) groups excluding carboxylic acids is 1. The predicted octanol–water partition coefficient (Wildman–Crippen LogP) is 3.84. The lowest BCUT2D eigenvalue weighted by Gasteiger charge is -2.24. The Morgan fingerprint density at radius 2 is 2.00 bits per heavy atom. The van der Waals surface area contributed by atoms with Gasteiger partial charge in [-0.15, -0.1) is 11.3 Å². The number of hydrogen-bond acceptors (Lipinski definition) is 4. The van der Waals surface area contributed by atoms with E-state index in [1.807, 2.05) is 33.9 Å². The highest BCUT2D eigenvalue weighted by molar-refractivity contribution is 7.11. The number of carbonyl (C=O) groups is 1. The van der Waals surface area contributed by atoms with E-state index in [-0.39, 0.29) is 12.1 Å². The van der Waals surface area contributed by atoms with Crippen LogP contribution in [0, 0.1) is 13.8 Å². The monoisotopic (exact) mass is 335 g/mol. The normalized spacial score (nSPS) is 12.5. The van der Waals surface area contributed by atoms with Crippen molar-refractivity contribution in [2.24, 2.45) is 7.05 Å². The molecule has 0 bridgehead atoms. The topological polar surface area (TPSA) is 63.1 Å². The molecule has 0 aliphatic carbocycles. The molecule has 1 N–H and O–H groups in total. The summed E-state index contributed by atoms with van der Waals surface area (Å²) in [6.07, 6.45) is 0. The van der Waals surface area contributed by atoms with Gasteiger partial charge in [0.2, 0.25) is 0 Å². The van der Waals surface area contributed by atoms with Crippen molar-refractivity contribution >= 4 is 23.2 Å². The fourth-order valence-corrected chi connectivity index (χ4v) is 3.40. The Balaban J connectivity index is 2.12. The third-order valence-electron chi connectivity index (χ3n) is 3.97. The van der Waals surface area contributed by atoms with E-state index in [0.29, 0.717) is 11.7 Å². The number of amides is 2. The minimum Gasteiger partial charge on any atom is -0.320 e. The van der Waals surface area contributed by atoms with Crippen LogP contribution in [-0.4, -0.2) is 32.7 Å². The summed E-state index contributed by atoms with van der Waals surface area (Å²) < 4.78 is 1.74. The highest BCUT2D eigenvalue weighted by atomic mass is 32.1. The second-order valence-electron chi connectivity index (χ2n) is 6.17. The molecule has 23 heavy (non-hydrogen) atoms. The molecule has 2 rings (SSSR count). The van der Waals surface area contributed by atoms with Crippen LogP contribution in [0.4, 0.5) is 10.6 Å². The first-order valence-electron chi connectivity index (χ1n) is 7.72. The maximum atomic E-state index is 12.4. The van der Waals surface area contributed by atoms with Crippen LogP contribution in [0.5, 0.6) is 0 Å². The standard InChI is InChI=1S/C16H25N5OS/c1-9(2)15-17-11(4)14(23-15)12(5)20(6)16(22)18-13-8-10(3)21(7)19-13/h8-9,12H,1-7H3,(H,18,19,22)/t12-/m0/s1. The zero-order valence-electron chi connectivity index (χ0n) is 14.8. The van der Waals surface area contributed by atoms with Crippen LogP contribution < -0.4 is 5.32 Å². The summed E-state index contributed by atoms with van der Waals surface area (Å²) in [6, 6.07) is 1.64. The molecular formula is C16H25N5OS. The molecule has 0 saturated carbocycles. The molecule has 0 fully saturated rings. The van der Waals surface area contributed by atoms with Gasteiger partial charge in [-0.05, 0) is 20.8 Å². The third kappa shape index (κ3) is 3.72. The van der Waals surface area contributed by atoms with Crippen molar-refractivity contribution in [1.29, 1.82) is 0 Å². The Hall–Kier alpha value is -1.89. The van der Waals surface area contributed by atoms with Gasteiger partial charge in [0.05, 0.1) is 16.7 Å². The number of hydrogen-bond donors (Lipinski definition) is 1. The first-order chi connectivity index (χ1) is 10.7. The third-order valence-corrected chi connectivity index (χ3v) is 5.60. The van der Waals surface area contributed by atoms with E-state index in [0.717, 1.165) is 21.3 Å². The molecule has 2 aromatic heterocycles. The van der Waals surface area contributed by atoms with Crippen LogP contribution in [-0.2, 0) is 7.05 Å². The number of urea groups is 1. The molecule has 6 nitrogen and oxygen atoms in total. The van der Waals surface area contributed by atoms with E-state index in [1.165, 1.54) is 0 Å². The Morgan fingerprint density at radius 3 is 2.48 bits per heavy atom. The first kappa shape index (κ1) is 17.5. The molecule has 1 atom stereocenters. The quantitative estimate of drug-likeness (QED) is 0.923. The van der Waals surface area contributed by atoms with Crippen molar-refractivity contribution in [3.63, 3.8) is 0 Å². The lowest BCUT2D eigenvalue weighted by atomic mass is 10.2. The maximum absolute atomic E-state index is 12.4. The molecule has 0 radical (unpaired) electrons. The Morgan fingerprint density at radius 1 is 1.35 bits per heavy atom. The average molecular weight is 335 g/mol. The molecule has 126 valence electrons. The van der Waals surface area contributed by atoms with Crippen LogP contribution in [0.1, 0.15) is 54.0 Å². The van der Waals surface area contributed by atoms with Crippen LogP contribution in [0.2, 0.25) is 0 Å². The molecule has 2 aromatic rings. The van der Waals surface area contributed by atoms with Gasteiger partial charge in [0, 0.05) is 36.7 Å². The molecule has 2 amide bonds. The van der Waals surface area contributed by atoms with E-state index in [1.54, 1.807) is 28.0 Å². The van der Waals surface area contributed by atoms with Gasteiger partial charge >= 0.3 is 6.03 Å². The zero-order chi connectivity index (χ0) is 17.3. The largest absolute Gasteiger partial charge is 0.323 e. The molecule has 0 aliphatic heterocycles. The molecule has 0 aliphatic rings. The SMILES string of the molecule is Cc1nc(C(C)C)sc1[C@H](C)N(C)C(=O)Nc1cc(C)n(C)n1. The molecule has 0 unspecified atom stereocenters. The van der Waals surface area contributed by atoms with E-state index >= 15 is 0 Å². The van der Waals surface area contributed by atoms with Gasteiger partial charge in [-0.25, -0.2) is 9.78 Å². The van der Waals surface area contributed by atoms with E-state index in [2.05, 4.69) is 29.2 Å². The highest BCUT2D eigenvalue weighted by Crippen LogP contribution is 2.32. The molecular weight excluding hydrogens is 310 g/mol. The van der Waals surface area contributed by atoms with Gasteiger partial charge in [0.1, 0.15) is 0 Å². The minimum atomic E-state index is -0.172.